The summed E-state index contributed by atoms with van der Waals surface area (Å²) in [5.41, 5.74) is 1.47. The average molecular weight is 290 g/mol. The van der Waals surface area contributed by atoms with E-state index in [1.165, 1.54) is 0 Å². The predicted octanol–water partition coefficient (Wildman–Crippen LogP) is 4.61. The summed E-state index contributed by atoms with van der Waals surface area (Å²) in [6.45, 7) is 0. The first kappa shape index (κ1) is 15.5. The van der Waals surface area contributed by atoms with Gasteiger partial charge in [0.1, 0.15) is 5.75 Å². The van der Waals surface area contributed by atoms with Gasteiger partial charge < -0.3 is 4.74 Å². The zero-order valence-corrected chi connectivity index (χ0v) is 12.5. The van der Waals surface area contributed by atoms with Gasteiger partial charge in [-0.25, -0.2) is 0 Å². The molecule has 0 amide bonds. The minimum absolute atomic E-state index is 0.0752. The second-order valence-electron chi connectivity index (χ2n) is 4.58. The van der Waals surface area contributed by atoms with Gasteiger partial charge in [-0.05, 0) is 12.1 Å². The van der Waals surface area contributed by atoms with Crippen LogP contribution in [0, 0.1) is 0 Å². The van der Waals surface area contributed by atoms with E-state index in [0.717, 1.165) is 16.9 Å². The van der Waals surface area contributed by atoms with Gasteiger partial charge in [-0.3, -0.25) is 4.79 Å². The molecule has 0 saturated carbocycles. The summed E-state index contributed by atoms with van der Waals surface area (Å²) >= 11 is 0. The standard InChI is InChI=1S/C13H10O.C7H8O/c14-13(11-7-3-1-4-8-11)12-9-5-2-6-10-12;1-8-7-5-3-2-4-6-7/h1-10H;2-6H,1H3. The van der Waals surface area contributed by atoms with Crippen LogP contribution < -0.4 is 4.74 Å². The van der Waals surface area contributed by atoms with E-state index in [4.69, 9.17) is 4.74 Å². The smallest absolute Gasteiger partial charge is 0.193 e. The first-order chi connectivity index (χ1) is 10.8. The molecule has 0 aliphatic heterocycles. The number of rotatable bonds is 3. The maximum Gasteiger partial charge on any atom is 0.193 e. The lowest BCUT2D eigenvalue weighted by Crippen LogP contribution is -1.99. The van der Waals surface area contributed by atoms with E-state index in [1.54, 1.807) is 7.11 Å². The molecule has 0 spiro atoms. The molecule has 3 aromatic rings. The van der Waals surface area contributed by atoms with Gasteiger partial charge in [0.15, 0.2) is 5.78 Å². The van der Waals surface area contributed by atoms with Crippen molar-refractivity contribution in [3.63, 3.8) is 0 Å². The van der Waals surface area contributed by atoms with E-state index < -0.39 is 0 Å². The van der Waals surface area contributed by atoms with Gasteiger partial charge in [-0.15, -0.1) is 0 Å². The van der Waals surface area contributed by atoms with Crippen LogP contribution in [-0.4, -0.2) is 12.9 Å². The maximum absolute atomic E-state index is 11.8. The summed E-state index contributed by atoms with van der Waals surface area (Å²) in [5, 5.41) is 0. The zero-order valence-electron chi connectivity index (χ0n) is 12.5. The number of ether oxygens (including phenoxy) is 1. The van der Waals surface area contributed by atoms with Gasteiger partial charge in [0.2, 0.25) is 0 Å². The Bertz CT molecular complexity index is 635. The fraction of sp³-hybridized carbons (Fsp3) is 0.0500. The summed E-state index contributed by atoms with van der Waals surface area (Å²) in [4.78, 5) is 11.8. The van der Waals surface area contributed by atoms with Crippen molar-refractivity contribution in [2.75, 3.05) is 7.11 Å². The third-order valence-corrected chi connectivity index (χ3v) is 3.05. The Morgan fingerprint density at radius 2 is 1.00 bits per heavy atom. The molecule has 0 radical (unpaired) electrons. The molecule has 0 atom stereocenters. The van der Waals surface area contributed by atoms with Crippen LogP contribution in [0.1, 0.15) is 15.9 Å². The number of ketones is 1. The summed E-state index contributed by atoms with van der Waals surface area (Å²) in [7, 11) is 1.66. The normalized spacial score (nSPS) is 9.32. The van der Waals surface area contributed by atoms with Crippen LogP contribution >= 0.6 is 0 Å². The number of carbonyl (C=O) groups is 1. The molecule has 2 heteroatoms. The van der Waals surface area contributed by atoms with Crippen molar-refractivity contribution in [3.8, 4) is 5.75 Å². The van der Waals surface area contributed by atoms with E-state index in [2.05, 4.69) is 0 Å². The second-order valence-corrected chi connectivity index (χ2v) is 4.58. The lowest BCUT2D eigenvalue weighted by Gasteiger charge is -1.99. The van der Waals surface area contributed by atoms with Crippen molar-refractivity contribution < 1.29 is 9.53 Å². The molecule has 2 nitrogen and oxygen atoms in total. The molecule has 0 saturated heterocycles. The van der Waals surface area contributed by atoms with Crippen molar-refractivity contribution in [1.82, 2.24) is 0 Å². The molecule has 0 bridgehead atoms. The third-order valence-electron chi connectivity index (χ3n) is 3.05. The minimum atomic E-state index is 0.0752. The molecule has 110 valence electrons. The third kappa shape index (κ3) is 4.60. The monoisotopic (exact) mass is 290 g/mol. The Kier molecular flexibility index (Phi) is 5.94. The highest BCUT2D eigenvalue weighted by molar-refractivity contribution is 6.08. The molecule has 3 rings (SSSR count). The van der Waals surface area contributed by atoms with Gasteiger partial charge in [-0.1, -0.05) is 78.9 Å². The van der Waals surface area contributed by atoms with E-state index in [9.17, 15) is 4.79 Å². The number of hydrogen-bond donors (Lipinski definition) is 0. The lowest BCUT2D eigenvalue weighted by atomic mass is 10.0. The summed E-state index contributed by atoms with van der Waals surface area (Å²) < 4.78 is 4.91. The first-order valence-corrected chi connectivity index (χ1v) is 7.05. The molecule has 0 unspecified atom stereocenters. The molecule has 0 aliphatic carbocycles. The van der Waals surface area contributed by atoms with Gasteiger partial charge >= 0.3 is 0 Å². The van der Waals surface area contributed by atoms with Crippen LogP contribution in [0.4, 0.5) is 0 Å². The Labute approximate surface area is 131 Å². The molecule has 3 aromatic carbocycles. The van der Waals surface area contributed by atoms with Gasteiger partial charge in [0, 0.05) is 11.1 Å². The molecule has 0 aromatic heterocycles. The summed E-state index contributed by atoms with van der Waals surface area (Å²) in [5.74, 6) is 0.985. The zero-order chi connectivity index (χ0) is 15.6. The Morgan fingerprint density at radius 1 is 0.636 bits per heavy atom. The van der Waals surface area contributed by atoms with Crippen molar-refractivity contribution >= 4 is 5.78 Å². The van der Waals surface area contributed by atoms with Gasteiger partial charge in [0.05, 0.1) is 7.11 Å². The van der Waals surface area contributed by atoms with Gasteiger partial charge in [0.25, 0.3) is 0 Å². The van der Waals surface area contributed by atoms with Crippen molar-refractivity contribution in [3.05, 3.63) is 102 Å². The number of para-hydroxylation sites is 1. The van der Waals surface area contributed by atoms with Crippen molar-refractivity contribution in [2.24, 2.45) is 0 Å². The van der Waals surface area contributed by atoms with Crippen molar-refractivity contribution in [1.29, 1.82) is 0 Å². The SMILES string of the molecule is COc1ccccc1.O=C(c1ccccc1)c1ccccc1. The van der Waals surface area contributed by atoms with Crippen LogP contribution in [0.2, 0.25) is 0 Å². The summed E-state index contributed by atoms with van der Waals surface area (Å²) in [6.07, 6.45) is 0. The Balaban J connectivity index is 0.000000188. The average Bonchev–Trinajstić information content (AvgIpc) is 2.64. The maximum atomic E-state index is 11.8. The highest BCUT2D eigenvalue weighted by atomic mass is 16.5. The quantitative estimate of drug-likeness (QED) is 0.658. The molecule has 0 N–H and O–H groups in total. The first-order valence-electron chi connectivity index (χ1n) is 7.05. The van der Waals surface area contributed by atoms with Crippen LogP contribution in [0.5, 0.6) is 5.75 Å². The summed E-state index contributed by atoms with van der Waals surface area (Å²) in [6, 6.07) is 28.3. The molecule has 0 aliphatic rings. The predicted molar refractivity (Wildman–Crippen MR) is 89.3 cm³/mol. The van der Waals surface area contributed by atoms with Crippen LogP contribution in [-0.2, 0) is 0 Å². The molecule has 0 fully saturated rings. The fourth-order valence-electron chi connectivity index (χ4n) is 1.90. The van der Waals surface area contributed by atoms with Gasteiger partial charge in [-0.2, -0.15) is 0 Å². The molecule has 22 heavy (non-hydrogen) atoms. The minimum Gasteiger partial charge on any atom is -0.497 e. The lowest BCUT2D eigenvalue weighted by molar-refractivity contribution is 0.103. The van der Waals surface area contributed by atoms with E-state index in [1.807, 2.05) is 91.0 Å². The second kappa shape index (κ2) is 8.42. The topological polar surface area (TPSA) is 26.3 Å². The number of methoxy groups -OCH3 is 1. The van der Waals surface area contributed by atoms with Crippen LogP contribution in [0.15, 0.2) is 91.0 Å². The molecular formula is C20H18O2. The Morgan fingerprint density at radius 3 is 1.32 bits per heavy atom. The highest BCUT2D eigenvalue weighted by Crippen LogP contribution is 2.08. The Hall–Kier alpha value is -2.87. The molecule has 0 heterocycles. The largest absolute Gasteiger partial charge is 0.497 e. The van der Waals surface area contributed by atoms with Crippen molar-refractivity contribution in [2.45, 2.75) is 0 Å². The number of benzene rings is 3. The number of hydrogen-bond acceptors (Lipinski definition) is 2. The van der Waals surface area contributed by atoms with Crippen LogP contribution in [0.25, 0.3) is 0 Å². The van der Waals surface area contributed by atoms with E-state index in [-0.39, 0.29) is 5.78 Å². The van der Waals surface area contributed by atoms with E-state index >= 15 is 0 Å². The fourth-order valence-corrected chi connectivity index (χ4v) is 1.90. The highest BCUT2D eigenvalue weighted by Gasteiger charge is 2.06. The molecular weight excluding hydrogens is 272 g/mol. The van der Waals surface area contributed by atoms with Crippen LogP contribution in [0.3, 0.4) is 0 Å². The number of carbonyl (C=O) groups excluding carboxylic acids is 1. The van der Waals surface area contributed by atoms with E-state index in [0.29, 0.717) is 0 Å².